The van der Waals surface area contributed by atoms with Gasteiger partial charge in [-0.1, -0.05) is 61.4 Å². The number of unbranched alkanes of at least 4 members (excludes halogenated alkanes) is 1. The average Bonchev–Trinajstić information content (AvgIpc) is 2.83. The lowest BCUT2D eigenvalue weighted by atomic mass is 10.1. The van der Waals surface area contributed by atoms with Crippen LogP contribution in [0.4, 0.5) is 11.4 Å². The van der Waals surface area contributed by atoms with Gasteiger partial charge in [-0.25, -0.2) is 8.42 Å². The predicted octanol–water partition coefficient (Wildman–Crippen LogP) is 4.36. The van der Waals surface area contributed by atoms with E-state index in [0.29, 0.717) is 23.5 Å². The highest BCUT2D eigenvalue weighted by molar-refractivity contribution is 7.92. The van der Waals surface area contributed by atoms with Gasteiger partial charge < -0.3 is 10.6 Å². The molecule has 0 atom stereocenters. The number of carbonyl (C=O) groups is 2. The molecule has 3 aromatic rings. The summed E-state index contributed by atoms with van der Waals surface area (Å²) >= 11 is 0. The second-order valence-electron chi connectivity index (χ2n) is 7.86. The van der Waals surface area contributed by atoms with E-state index in [2.05, 4.69) is 10.6 Å². The maximum Gasteiger partial charge on any atom is 0.264 e. The molecule has 0 aromatic heterocycles. The summed E-state index contributed by atoms with van der Waals surface area (Å²) in [4.78, 5) is 25.7. The number of aryl methyl sites for hydroxylation is 1. The van der Waals surface area contributed by atoms with Crippen molar-refractivity contribution in [2.45, 2.75) is 31.6 Å². The van der Waals surface area contributed by atoms with Gasteiger partial charge in [0.05, 0.1) is 21.8 Å². The molecular weight excluding hydrogens is 450 g/mol. The number of amides is 2. The van der Waals surface area contributed by atoms with Gasteiger partial charge in [0.15, 0.2) is 0 Å². The van der Waals surface area contributed by atoms with Crippen molar-refractivity contribution in [2.75, 3.05) is 22.7 Å². The molecule has 0 saturated heterocycles. The zero-order valence-corrected chi connectivity index (χ0v) is 20.1. The minimum atomic E-state index is -4.01. The second-order valence-corrected chi connectivity index (χ2v) is 9.73. The van der Waals surface area contributed by atoms with E-state index < -0.39 is 22.5 Å². The molecule has 0 fully saturated rings. The molecule has 0 unspecified atom stereocenters. The number of carbonyl (C=O) groups excluding carboxylic acids is 2. The molecule has 0 radical (unpaired) electrons. The molecule has 0 aliphatic heterocycles. The molecule has 3 rings (SSSR count). The summed E-state index contributed by atoms with van der Waals surface area (Å²) in [7, 11) is -4.01. The molecule has 0 spiro atoms. The zero-order chi connectivity index (χ0) is 24.6. The van der Waals surface area contributed by atoms with E-state index in [4.69, 9.17) is 0 Å². The molecule has 0 aliphatic rings. The van der Waals surface area contributed by atoms with Gasteiger partial charge in [0.2, 0.25) is 5.91 Å². The van der Waals surface area contributed by atoms with E-state index in [1.54, 1.807) is 66.7 Å². The van der Waals surface area contributed by atoms with Crippen molar-refractivity contribution in [3.63, 3.8) is 0 Å². The van der Waals surface area contributed by atoms with Crippen LogP contribution >= 0.6 is 0 Å². The number of para-hydroxylation sites is 2. The summed E-state index contributed by atoms with van der Waals surface area (Å²) in [6, 6.07) is 21.6. The number of hydrogen-bond donors (Lipinski definition) is 2. The number of nitrogens with zero attached hydrogens (tertiary/aromatic N) is 1. The van der Waals surface area contributed by atoms with Gasteiger partial charge in [-0.2, -0.15) is 0 Å². The van der Waals surface area contributed by atoms with E-state index in [-0.39, 0.29) is 10.8 Å². The van der Waals surface area contributed by atoms with Gasteiger partial charge in [-0.05, 0) is 49.7 Å². The van der Waals surface area contributed by atoms with Gasteiger partial charge in [0.25, 0.3) is 15.9 Å². The third-order valence-corrected chi connectivity index (χ3v) is 6.99. The smallest absolute Gasteiger partial charge is 0.264 e. The highest BCUT2D eigenvalue weighted by atomic mass is 32.2. The van der Waals surface area contributed by atoms with E-state index in [9.17, 15) is 18.0 Å². The molecule has 8 heteroatoms. The van der Waals surface area contributed by atoms with Crippen molar-refractivity contribution in [2.24, 2.45) is 0 Å². The molecule has 3 aromatic carbocycles. The highest BCUT2D eigenvalue weighted by Gasteiger charge is 2.27. The molecule has 34 heavy (non-hydrogen) atoms. The summed E-state index contributed by atoms with van der Waals surface area (Å²) in [5, 5.41) is 5.54. The highest BCUT2D eigenvalue weighted by Crippen LogP contribution is 2.24. The van der Waals surface area contributed by atoms with Crippen LogP contribution in [0.5, 0.6) is 0 Å². The van der Waals surface area contributed by atoms with Crippen LogP contribution in [0.1, 0.15) is 35.7 Å². The number of benzene rings is 3. The van der Waals surface area contributed by atoms with Crippen molar-refractivity contribution in [3.8, 4) is 0 Å². The molecule has 0 saturated carbocycles. The van der Waals surface area contributed by atoms with Crippen LogP contribution in [-0.4, -0.2) is 33.3 Å². The third-order valence-electron chi connectivity index (χ3n) is 5.20. The number of sulfonamides is 1. The Morgan fingerprint density at radius 3 is 2.21 bits per heavy atom. The van der Waals surface area contributed by atoms with Gasteiger partial charge in [-0.15, -0.1) is 0 Å². The number of rotatable bonds is 10. The Bertz CT molecular complexity index is 1230. The first-order valence-corrected chi connectivity index (χ1v) is 12.6. The molecule has 2 N–H and O–H groups in total. The summed E-state index contributed by atoms with van der Waals surface area (Å²) in [6.07, 6.45) is 1.80. The van der Waals surface area contributed by atoms with Crippen LogP contribution in [0, 0.1) is 6.92 Å². The molecule has 2 amide bonds. The number of nitrogens with one attached hydrogen (secondary N) is 2. The first kappa shape index (κ1) is 25.0. The molecule has 0 aliphatic carbocycles. The maximum absolute atomic E-state index is 13.4. The number of hydrogen-bond acceptors (Lipinski definition) is 4. The van der Waals surface area contributed by atoms with Crippen LogP contribution in [0.2, 0.25) is 0 Å². The lowest BCUT2D eigenvalue weighted by Gasteiger charge is -2.24. The molecule has 0 heterocycles. The summed E-state index contributed by atoms with van der Waals surface area (Å²) in [6.45, 7) is 3.98. The van der Waals surface area contributed by atoms with Crippen molar-refractivity contribution >= 4 is 33.2 Å². The van der Waals surface area contributed by atoms with Gasteiger partial charge in [-0.3, -0.25) is 13.9 Å². The van der Waals surface area contributed by atoms with Gasteiger partial charge in [0, 0.05) is 6.54 Å². The Morgan fingerprint density at radius 2 is 1.53 bits per heavy atom. The van der Waals surface area contributed by atoms with E-state index in [1.807, 2.05) is 13.8 Å². The first-order valence-electron chi connectivity index (χ1n) is 11.1. The molecule has 0 bridgehead atoms. The zero-order valence-electron chi connectivity index (χ0n) is 19.3. The lowest BCUT2D eigenvalue weighted by Crippen LogP contribution is -2.38. The van der Waals surface area contributed by atoms with Gasteiger partial charge in [0.1, 0.15) is 6.54 Å². The Kier molecular flexibility index (Phi) is 8.43. The van der Waals surface area contributed by atoms with E-state index in [0.717, 1.165) is 22.7 Å². The summed E-state index contributed by atoms with van der Waals surface area (Å²) in [5.41, 5.74) is 1.93. The van der Waals surface area contributed by atoms with Crippen LogP contribution in [-0.2, 0) is 14.8 Å². The van der Waals surface area contributed by atoms with E-state index >= 15 is 0 Å². The Balaban J connectivity index is 1.85. The Labute approximate surface area is 200 Å². The topological polar surface area (TPSA) is 95.6 Å². The normalized spacial score (nSPS) is 11.0. The van der Waals surface area contributed by atoms with Crippen LogP contribution in [0.15, 0.2) is 83.8 Å². The summed E-state index contributed by atoms with van der Waals surface area (Å²) in [5.74, 6) is -0.857. The first-order chi connectivity index (χ1) is 16.3. The Hall–Kier alpha value is -3.65. The van der Waals surface area contributed by atoms with Crippen LogP contribution in [0.25, 0.3) is 0 Å². The molecule has 178 valence electrons. The maximum atomic E-state index is 13.4. The largest absolute Gasteiger partial charge is 0.352 e. The monoisotopic (exact) mass is 479 g/mol. The van der Waals surface area contributed by atoms with Crippen LogP contribution < -0.4 is 14.9 Å². The summed E-state index contributed by atoms with van der Waals surface area (Å²) < 4.78 is 27.9. The minimum Gasteiger partial charge on any atom is -0.352 e. The van der Waals surface area contributed by atoms with Crippen molar-refractivity contribution < 1.29 is 18.0 Å². The average molecular weight is 480 g/mol. The SMILES string of the molecule is CCCCNC(=O)c1ccccc1NC(=O)CN(c1ccccc1)S(=O)(=O)c1ccc(C)cc1. The minimum absolute atomic E-state index is 0.0884. The fourth-order valence-corrected chi connectivity index (χ4v) is 4.75. The molecular formula is C26H29N3O4S. The van der Waals surface area contributed by atoms with Crippen LogP contribution in [0.3, 0.4) is 0 Å². The standard InChI is InChI=1S/C26H29N3O4S/c1-3-4-18-27-26(31)23-12-8-9-13-24(23)28-25(30)19-29(21-10-6-5-7-11-21)34(32,33)22-16-14-20(2)15-17-22/h5-17H,3-4,18-19H2,1-2H3,(H,27,31)(H,28,30). The second kappa shape index (κ2) is 11.5. The van der Waals surface area contributed by atoms with Crippen molar-refractivity contribution in [1.82, 2.24) is 5.32 Å². The number of anilines is 2. The van der Waals surface area contributed by atoms with E-state index in [1.165, 1.54) is 12.1 Å². The Morgan fingerprint density at radius 1 is 0.882 bits per heavy atom. The van der Waals surface area contributed by atoms with Crippen molar-refractivity contribution in [3.05, 3.63) is 90.0 Å². The quantitative estimate of drug-likeness (QED) is 0.423. The lowest BCUT2D eigenvalue weighted by molar-refractivity contribution is -0.114. The predicted molar refractivity (Wildman–Crippen MR) is 134 cm³/mol. The third kappa shape index (κ3) is 6.23. The van der Waals surface area contributed by atoms with Gasteiger partial charge >= 0.3 is 0 Å². The fourth-order valence-electron chi connectivity index (χ4n) is 3.33. The van der Waals surface area contributed by atoms with Crippen molar-refractivity contribution in [1.29, 1.82) is 0 Å². The molecule has 7 nitrogen and oxygen atoms in total. The fraction of sp³-hybridized carbons (Fsp3) is 0.231.